The lowest BCUT2D eigenvalue weighted by atomic mass is 10.0. The van der Waals surface area contributed by atoms with E-state index in [0.29, 0.717) is 53.2 Å². The molecule has 192 valence electrons. The number of halogens is 1. The van der Waals surface area contributed by atoms with Crippen molar-refractivity contribution in [2.24, 2.45) is 0 Å². The number of pyridine rings is 1. The highest BCUT2D eigenvalue weighted by atomic mass is 32.2. The van der Waals surface area contributed by atoms with Gasteiger partial charge >= 0.3 is 0 Å². The summed E-state index contributed by atoms with van der Waals surface area (Å²) in [6, 6.07) is 8.71. The quantitative estimate of drug-likeness (QED) is 0.534. The Kier molecular flexibility index (Phi) is 6.46. The van der Waals surface area contributed by atoms with Gasteiger partial charge in [-0.05, 0) is 44.4 Å². The second kappa shape index (κ2) is 9.44. The summed E-state index contributed by atoms with van der Waals surface area (Å²) in [5.74, 6) is -0.0331. The molecule has 0 aliphatic carbocycles. The van der Waals surface area contributed by atoms with Crippen molar-refractivity contribution in [3.8, 4) is 17.0 Å². The Bertz CT molecular complexity index is 1400. The third-order valence-corrected chi connectivity index (χ3v) is 8.52. The van der Waals surface area contributed by atoms with Gasteiger partial charge in [-0.3, -0.25) is 14.5 Å². The Morgan fingerprint density at radius 1 is 1.36 bits per heavy atom. The molecule has 1 N–H and O–H groups in total. The van der Waals surface area contributed by atoms with Gasteiger partial charge in [-0.1, -0.05) is 12.1 Å². The van der Waals surface area contributed by atoms with E-state index in [-0.39, 0.29) is 23.5 Å². The maximum absolute atomic E-state index is 13.4. The predicted molar refractivity (Wildman–Crippen MR) is 132 cm³/mol. The van der Waals surface area contributed by atoms with Crippen molar-refractivity contribution in [1.82, 2.24) is 20.1 Å². The van der Waals surface area contributed by atoms with Crippen molar-refractivity contribution in [2.45, 2.75) is 51.0 Å². The number of carbonyl (C=O) groups is 1. The zero-order valence-electron chi connectivity index (χ0n) is 20.2. The van der Waals surface area contributed by atoms with Gasteiger partial charge in [-0.15, -0.1) is 0 Å². The van der Waals surface area contributed by atoms with E-state index in [9.17, 15) is 17.6 Å². The van der Waals surface area contributed by atoms with Crippen molar-refractivity contribution in [3.05, 3.63) is 42.1 Å². The van der Waals surface area contributed by atoms with Crippen LogP contribution >= 0.6 is 0 Å². The maximum atomic E-state index is 13.4. The molecular formula is C25H29FN4O5S. The lowest BCUT2D eigenvalue weighted by Crippen LogP contribution is -2.46. The molecule has 2 aliphatic heterocycles. The lowest BCUT2D eigenvalue weighted by Gasteiger charge is -2.24. The van der Waals surface area contributed by atoms with Crippen molar-refractivity contribution in [1.29, 1.82) is 0 Å². The van der Waals surface area contributed by atoms with Crippen LogP contribution < -0.4 is 10.1 Å². The molecular weight excluding hydrogens is 487 g/mol. The number of aromatic nitrogens is 3. The Morgan fingerprint density at radius 3 is 2.89 bits per heavy atom. The predicted octanol–water partition coefficient (Wildman–Crippen LogP) is 3.45. The molecule has 3 atom stereocenters. The fourth-order valence-corrected chi connectivity index (χ4v) is 6.99. The first kappa shape index (κ1) is 24.6. The van der Waals surface area contributed by atoms with Gasteiger partial charge in [0.1, 0.15) is 17.0 Å². The third-order valence-electron chi connectivity index (χ3n) is 6.62. The Morgan fingerprint density at radius 2 is 2.19 bits per heavy atom. The molecule has 4 heterocycles. The fraction of sp³-hybridized carbons (Fsp3) is 0.480. The van der Waals surface area contributed by atoms with Gasteiger partial charge in [0.2, 0.25) is 6.36 Å². The number of sulfone groups is 1. The topological polar surface area (TPSA) is 112 Å². The summed E-state index contributed by atoms with van der Waals surface area (Å²) in [5.41, 5.74) is 2.07. The average molecular weight is 517 g/mol. The average Bonchev–Trinajstić information content (AvgIpc) is 3.35. The number of nitrogens with one attached hydrogen (secondary N) is 1. The lowest BCUT2D eigenvalue weighted by molar-refractivity contribution is 0.0566. The van der Waals surface area contributed by atoms with Gasteiger partial charge in [-0.25, -0.2) is 12.8 Å². The number of nitrogens with zero attached hydrogens (tertiary/aromatic N) is 3. The van der Waals surface area contributed by atoms with Crippen LogP contribution in [0.4, 0.5) is 4.39 Å². The molecule has 0 bridgehead atoms. The van der Waals surface area contributed by atoms with Crippen molar-refractivity contribution < 1.29 is 27.1 Å². The van der Waals surface area contributed by atoms with Gasteiger partial charge in [-0.2, -0.15) is 5.10 Å². The molecule has 1 amide bonds. The SMILES string of the molecule is CC(F)Oc1cccc(-c2nn(C3CCCOC3)c3cc(C(=O)NC4(C)CCS(=O)(=O)C4)cnc23)c1. The summed E-state index contributed by atoms with van der Waals surface area (Å²) in [6.45, 7) is 4.24. The standard InChI is InChI=1S/C25H29FN4O5S/c1-16(26)35-20-7-3-5-17(11-20)22-23-21(30(29-22)19-6-4-9-34-14-19)12-18(13-27-23)24(31)28-25(2)8-10-36(32,33)15-25/h3,5,7,11-13,16,19H,4,6,8-10,14-15H2,1-2H3,(H,28,31). The molecule has 5 rings (SSSR count). The second-order valence-electron chi connectivity index (χ2n) is 9.80. The Labute approximate surface area is 208 Å². The molecule has 2 aliphatic rings. The molecule has 2 aromatic heterocycles. The number of amides is 1. The largest absolute Gasteiger partial charge is 0.461 e. The molecule has 2 fully saturated rings. The number of alkyl halides is 1. The van der Waals surface area contributed by atoms with Gasteiger partial charge in [0.15, 0.2) is 9.84 Å². The Hall–Kier alpha value is -3.05. The summed E-state index contributed by atoms with van der Waals surface area (Å²) in [7, 11) is -3.17. The van der Waals surface area contributed by atoms with Gasteiger partial charge in [0, 0.05) is 25.3 Å². The molecule has 0 spiro atoms. The van der Waals surface area contributed by atoms with Crippen LogP contribution in [0.25, 0.3) is 22.3 Å². The maximum Gasteiger partial charge on any atom is 0.253 e. The number of carbonyl (C=O) groups excluding carboxylic acids is 1. The fourth-order valence-electron chi connectivity index (χ4n) is 4.89. The van der Waals surface area contributed by atoms with E-state index < -0.39 is 21.7 Å². The molecule has 36 heavy (non-hydrogen) atoms. The van der Waals surface area contributed by atoms with Crippen LogP contribution in [0.2, 0.25) is 0 Å². The van der Waals surface area contributed by atoms with Crippen LogP contribution in [0, 0.1) is 0 Å². The van der Waals surface area contributed by atoms with Crippen LogP contribution in [0.1, 0.15) is 49.5 Å². The highest BCUT2D eigenvalue weighted by Crippen LogP contribution is 2.33. The number of benzene rings is 1. The van der Waals surface area contributed by atoms with Crippen molar-refractivity contribution in [3.63, 3.8) is 0 Å². The third kappa shape index (κ3) is 5.08. The smallest absolute Gasteiger partial charge is 0.253 e. The molecule has 0 radical (unpaired) electrons. The van der Waals surface area contributed by atoms with Gasteiger partial charge in [0.05, 0.1) is 40.8 Å². The highest BCUT2D eigenvalue weighted by Gasteiger charge is 2.39. The molecule has 0 saturated carbocycles. The zero-order chi connectivity index (χ0) is 25.5. The monoisotopic (exact) mass is 516 g/mol. The van der Waals surface area contributed by atoms with Gasteiger partial charge in [0.25, 0.3) is 5.91 Å². The molecule has 9 nitrogen and oxygen atoms in total. The minimum Gasteiger partial charge on any atom is -0.461 e. The van der Waals surface area contributed by atoms with E-state index in [2.05, 4.69) is 10.3 Å². The minimum absolute atomic E-state index is 0.0297. The molecule has 2 saturated heterocycles. The van der Waals surface area contributed by atoms with Crippen molar-refractivity contribution in [2.75, 3.05) is 24.7 Å². The van der Waals surface area contributed by atoms with E-state index >= 15 is 0 Å². The summed E-state index contributed by atoms with van der Waals surface area (Å²) in [4.78, 5) is 17.7. The van der Waals surface area contributed by atoms with Crippen LogP contribution in [-0.2, 0) is 14.6 Å². The summed E-state index contributed by atoms with van der Waals surface area (Å²) < 4.78 is 50.1. The summed E-state index contributed by atoms with van der Waals surface area (Å²) in [5, 5.41) is 7.74. The molecule has 1 aromatic carbocycles. The zero-order valence-corrected chi connectivity index (χ0v) is 21.1. The Balaban J connectivity index is 1.54. The molecule has 3 unspecified atom stereocenters. The normalized spacial score (nSPS) is 24.5. The number of hydrogen-bond donors (Lipinski definition) is 1. The van der Waals surface area contributed by atoms with Gasteiger partial charge < -0.3 is 14.8 Å². The van der Waals surface area contributed by atoms with Crippen LogP contribution in [0.5, 0.6) is 5.75 Å². The van der Waals surface area contributed by atoms with E-state index in [1.54, 1.807) is 31.2 Å². The van der Waals surface area contributed by atoms with E-state index in [1.165, 1.54) is 13.1 Å². The summed E-state index contributed by atoms with van der Waals surface area (Å²) >= 11 is 0. The minimum atomic E-state index is -3.17. The van der Waals surface area contributed by atoms with E-state index in [0.717, 1.165) is 12.8 Å². The second-order valence-corrected chi connectivity index (χ2v) is 12.0. The number of fused-ring (bicyclic) bond motifs is 1. The van der Waals surface area contributed by atoms with Crippen molar-refractivity contribution >= 4 is 26.8 Å². The first-order valence-electron chi connectivity index (χ1n) is 12.0. The number of hydrogen-bond acceptors (Lipinski definition) is 7. The van der Waals surface area contributed by atoms with Crippen LogP contribution in [-0.4, -0.2) is 65.7 Å². The van der Waals surface area contributed by atoms with Crippen LogP contribution in [0.3, 0.4) is 0 Å². The number of rotatable bonds is 6. The highest BCUT2D eigenvalue weighted by molar-refractivity contribution is 7.91. The van der Waals surface area contributed by atoms with E-state index in [4.69, 9.17) is 14.6 Å². The molecule has 3 aromatic rings. The molecule has 11 heteroatoms. The van der Waals surface area contributed by atoms with E-state index in [1.807, 2.05) is 10.7 Å². The first-order valence-corrected chi connectivity index (χ1v) is 13.8. The summed E-state index contributed by atoms with van der Waals surface area (Å²) in [6.07, 6.45) is 2.14. The first-order chi connectivity index (χ1) is 17.1. The van der Waals surface area contributed by atoms with Crippen LogP contribution in [0.15, 0.2) is 36.5 Å². The number of ether oxygens (including phenoxy) is 2.